The van der Waals surface area contributed by atoms with Crippen LogP contribution in [0.4, 0.5) is 5.69 Å². The molecule has 0 atom stereocenters. The van der Waals surface area contributed by atoms with E-state index in [1.165, 1.54) is 11.8 Å². The summed E-state index contributed by atoms with van der Waals surface area (Å²) >= 11 is 1.04. The van der Waals surface area contributed by atoms with Gasteiger partial charge in [-0.3, -0.25) is 4.79 Å². The predicted octanol–water partition coefficient (Wildman–Crippen LogP) is 1.77. The SMILES string of the molecule is COc1ccc(NC(=O)CSc2c([O-])on[n+]2-c2ccccc2)c(OC)c1. The highest BCUT2D eigenvalue weighted by molar-refractivity contribution is 7.99. The van der Waals surface area contributed by atoms with E-state index in [1.54, 1.807) is 37.4 Å². The number of amides is 1. The van der Waals surface area contributed by atoms with Gasteiger partial charge in [-0.05, 0) is 28.6 Å². The maximum atomic E-state index is 12.3. The van der Waals surface area contributed by atoms with Gasteiger partial charge >= 0.3 is 0 Å². The van der Waals surface area contributed by atoms with Gasteiger partial charge < -0.3 is 24.4 Å². The van der Waals surface area contributed by atoms with Crippen molar-refractivity contribution < 1.29 is 28.6 Å². The first-order chi connectivity index (χ1) is 13.1. The summed E-state index contributed by atoms with van der Waals surface area (Å²) in [4.78, 5) is 12.3. The molecule has 1 N–H and O–H groups in total. The average Bonchev–Trinajstić information content (AvgIpc) is 3.07. The summed E-state index contributed by atoms with van der Waals surface area (Å²) in [5.41, 5.74) is 1.18. The summed E-state index contributed by atoms with van der Waals surface area (Å²) in [6.07, 6.45) is 0. The normalized spacial score (nSPS) is 10.4. The molecular formula is C18H17N3O5S. The van der Waals surface area contributed by atoms with E-state index < -0.39 is 5.95 Å². The zero-order valence-electron chi connectivity index (χ0n) is 14.7. The first kappa shape index (κ1) is 18.6. The van der Waals surface area contributed by atoms with Crippen LogP contribution < -0.4 is 24.6 Å². The lowest BCUT2D eigenvalue weighted by molar-refractivity contribution is -0.705. The van der Waals surface area contributed by atoms with Crippen molar-refractivity contribution in [2.45, 2.75) is 5.03 Å². The van der Waals surface area contributed by atoms with Crippen LogP contribution >= 0.6 is 11.8 Å². The van der Waals surface area contributed by atoms with Crippen molar-refractivity contribution in [3.05, 3.63) is 48.5 Å². The van der Waals surface area contributed by atoms with Crippen LogP contribution in [0.1, 0.15) is 0 Å². The molecule has 0 saturated heterocycles. The third kappa shape index (κ3) is 4.32. The van der Waals surface area contributed by atoms with E-state index in [1.807, 2.05) is 18.2 Å². The number of anilines is 1. The average molecular weight is 387 g/mol. The highest BCUT2D eigenvalue weighted by atomic mass is 32.2. The molecule has 0 saturated carbocycles. The Kier molecular flexibility index (Phi) is 5.82. The number of nitrogens with one attached hydrogen (secondary N) is 1. The molecule has 0 fully saturated rings. The Labute approximate surface area is 159 Å². The number of aromatic nitrogens is 2. The fourth-order valence-electron chi connectivity index (χ4n) is 2.32. The van der Waals surface area contributed by atoms with Crippen LogP contribution in [0.15, 0.2) is 58.1 Å². The van der Waals surface area contributed by atoms with Crippen molar-refractivity contribution >= 4 is 23.4 Å². The first-order valence-corrected chi connectivity index (χ1v) is 8.90. The number of hydrogen-bond acceptors (Lipinski definition) is 7. The minimum absolute atomic E-state index is 0.00152. The van der Waals surface area contributed by atoms with E-state index in [4.69, 9.17) is 14.0 Å². The molecule has 0 aliphatic carbocycles. The molecule has 3 aromatic rings. The van der Waals surface area contributed by atoms with E-state index in [9.17, 15) is 9.90 Å². The van der Waals surface area contributed by atoms with E-state index in [2.05, 4.69) is 10.6 Å². The van der Waals surface area contributed by atoms with Crippen molar-refractivity contribution in [1.29, 1.82) is 0 Å². The molecule has 140 valence electrons. The molecule has 3 rings (SSSR count). The molecule has 2 aromatic carbocycles. The van der Waals surface area contributed by atoms with Crippen molar-refractivity contribution in [3.63, 3.8) is 0 Å². The number of para-hydroxylation sites is 1. The van der Waals surface area contributed by atoms with E-state index in [0.29, 0.717) is 22.9 Å². The highest BCUT2D eigenvalue weighted by Gasteiger charge is 2.22. The summed E-state index contributed by atoms with van der Waals surface area (Å²) in [6, 6.07) is 14.1. The Morgan fingerprint density at radius 2 is 2.00 bits per heavy atom. The molecule has 8 nitrogen and oxygen atoms in total. The number of carbonyl (C=O) groups excluding carboxylic acids is 1. The number of hydrogen-bond donors (Lipinski definition) is 1. The third-order valence-electron chi connectivity index (χ3n) is 3.60. The molecule has 0 aliphatic heterocycles. The van der Waals surface area contributed by atoms with Gasteiger partial charge in [-0.15, -0.1) is 0 Å². The predicted molar refractivity (Wildman–Crippen MR) is 96.4 cm³/mol. The lowest BCUT2D eigenvalue weighted by Gasteiger charge is -2.11. The van der Waals surface area contributed by atoms with Gasteiger partial charge in [0, 0.05) is 18.2 Å². The lowest BCUT2D eigenvalue weighted by atomic mass is 10.2. The molecule has 0 spiro atoms. The smallest absolute Gasteiger partial charge is 0.298 e. The van der Waals surface area contributed by atoms with E-state index >= 15 is 0 Å². The fraction of sp³-hybridized carbons (Fsp3) is 0.167. The monoisotopic (exact) mass is 387 g/mol. The summed E-state index contributed by atoms with van der Waals surface area (Å²) in [5.74, 6) is 0.186. The Hall–Kier alpha value is -3.20. The topological polar surface area (TPSA) is 101 Å². The second-order valence-corrected chi connectivity index (χ2v) is 6.28. The van der Waals surface area contributed by atoms with Crippen LogP contribution in [0, 0.1) is 0 Å². The number of nitrogens with zero attached hydrogens (tertiary/aromatic N) is 2. The lowest BCUT2D eigenvalue weighted by Crippen LogP contribution is -2.35. The largest absolute Gasteiger partial charge is 0.538 e. The molecule has 9 heteroatoms. The molecule has 1 aromatic heterocycles. The third-order valence-corrected chi connectivity index (χ3v) is 4.62. The maximum absolute atomic E-state index is 12.3. The number of benzene rings is 2. The van der Waals surface area contributed by atoms with Gasteiger partial charge in [0.25, 0.3) is 5.03 Å². The van der Waals surface area contributed by atoms with E-state index in [-0.39, 0.29) is 16.7 Å². The zero-order chi connectivity index (χ0) is 19.2. The second-order valence-electron chi connectivity index (χ2n) is 5.32. The Balaban J connectivity index is 1.70. The molecule has 0 radical (unpaired) electrons. The van der Waals surface area contributed by atoms with Gasteiger partial charge in [-0.1, -0.05) is 18.2 Å². The van der Waals surface area contributed by atoms with Gasteiger partial charge in [0.2, 0.25) is 11.6 Å². The van der Waals surface area contributed by atoms with Crippen LogP contribution in [0.3, 0.4) is 0 Å². The number of methoxy groups -OCH3 is 2. The van der Waals surface area contributed by atoms with Gasteiger partial charge in [-0.2, -0.15) is 0 Å². The fourth-order valence-corrected chi connectivity index (χ4v) is 3.07. The Bertz CT molecular complexity index is 930. The summed E-state index contributed by atoms with van der Waals surface area (Å²) in [6.45, 7) is 0. The minimum atomic E-state index is -0.598. The molecule has 0 aliphatic rings. The Morgan fingerprint density at radius 3 is 2.70 bits per heavy atom. The molecule has 1 heterocycles. The van der Waals surface area contributed by atoms with Gasteiger partial charge in [0.05, 0.1) is 30.9 Å². The second kappa shape index (κ2) is 8.45. The summed E-state index contributed by atoms with van der Waals surface area (Å²) < 4.78 is 16.5. The van der Waals surface area contributed by atoms with Crippen molar-refractivity contribution in [1.82, 2.24) is 5.27 Å². The minimum Gasteiger partial charge on any atom is -0.538 e. The summed E-state index contributed by atoms with van der Waals surface area (Å²) in [7, 11) is 3.05. The van der Waals surface area contributed by atoms with Crippen LogP contribution in [-0.4, -0.2) is 31.2 Å². The zero-order valence-corrected chi connectivity index (χ0v) is 15.5. The number of thioether (sulfide) groups is 1. The van der Waals surface area contributed by atoms with E-state index in [0.717, 1.165) is 11.8 Å². The van der Waals surface area contributed by atoms with Gasteiger partial charge in [0.15, 0.2) is 5.95 Å². The van der Waals surface area contributed by atoms with Gasteiger partial charge in [-0.25, -0.2) is 0 Å². The Morgan fingerprint density at radius 1 is 1.22 bits per heavy atom. The van der Waals surface area contributed by atoms with Gasteiger partial charge in [0.1, 0.15) is 11.5 Å². The standard InChI is InChI=1S/C18H17N3O5S/c1-24-13-8-9-14(15(10-13)25-2)19-16(22)11-27-17-18(23)26-20-21(17)12-6-4-3-5-7-12/h3-10H,11H2,1-2H3,(H-,19,20,22,23). The first-order valence-electron chi connectivity index (χ1n) is 7.91. The van der Waals surface area contributed by atoms with Crippen molar-refractivity contribution in [3.8, 4) is 23.1 Å². The molecule has 27 heavy (non-hydrogen) atoms. The van der Waals surface area contributed by atoms with Crippen molar-refractivity contribution in [2.24, 2.45) is 0 Å². The maximum Gasteiger partial charge on any atom is 0.298 e. The highest BCUT2D eigenvalue weighted by Crippen LogP contribution is 2.29. The quantitative estimate of drug-likeness (QED) is 0.487. The number of carbonyl (C=O) groups is 1. The van der Waals surface area contributed by atoms with Crippen molar-refractivity contribution in [2.75, 3.05) is 25.3 Å². The van der Waals surface area contributed by atoms with Crippen LogP contribution in [-0.2, 0) is 4.79 Å². The molecule has 0 unspecified atom stereocenters. The van der Waals surface area contributed by atoms with Crippen LogP contribution in [0.2, 0.25) is 0 Å². The van der Waals surface area contributed by atoms with Crippen LogP contribution in [0.25, 0.3) is 5.69 Å². The van der Waals surface area contributed by atoms with Crippen LogP contribution in [0.5, 0.6) is 17.4 Å². The molecular weight excluding hydrogens is 370 g/mol. The summed E-state index contributed by atoms with van der Waals surface area (Å²) in [5, 5.41) is 18.6. The molecule has 1 amide bonds. The number of rotatable bonds is 7. The number of ether oxygens (including phenoxy) is 2. The molecule has 0 bridgehead atoms.